The van der Waals surface area contributed by atoms with Crippen molar-refractivity contribution in [1.29, 1.82) is 0 Å². The molecule has 4 heterocycles. The summed E-state index contributed by atoms with van der Waals surface area (Å²) >= 11 is 4.85. The van der Waals surface area contributed by atoms with Crippen molar-refractivity contribution in [3.05, 3.63) is 104 Å². The standard InChI is InChI=1S/C26H17BrN6O2S/c1-35-21-10-9-16(12-20(21)27)23-18(15-32(30-23)19-7-3-2-4-8-19)13-22-25(34)33-26(36-22)29-24(31-33)17-6-5-11-28-14-17/h2-15H,1H3. The molecule has 6 aromatic rings. The van der Waals surface area contributed by atoms with Crippen molar-refractivity contribution in [2.75, 3.05) is 7.11 Å². The van der Waals surface area contributed by atoms with Gasteiger partial charge in [-0.05, 0) is 64.5 Å². The number of fused-ring (bicyclic) bond motifs is 1. The summed E-state index contributed by atoms with van der Waals surface area (Å²) in [4.78, 5) is 22.4. The van der Waals surface area contributed by atoms with Crippen molar-refractivity contribution in [3.63, 3.8) is 0 Å². The van der Waals surface area contributed by atoms with Gasteiger partial charge in [0.15, 0.2) is 5.82 Å². The highest BCUT2D eigenvalue weighted by Crippen LogP contribution is 2.32. The summed E-state index contributed by atoms with van der Waals surface area (Å²) in [5, 5.41) is 9.26. The molecule has 0 atom stereocenters. The number of benzene rings is 2. The van der Waals surface area contributed by atoms with Crippen molar-refractivity contribution >= 4 is 38.3 Å². The predicted molar refractivity (Wildman–Crippen MR) is 142 cm³/mol. The second-order valence-corrected chi connectivity index (χ2v) is 9.71. The van der Waals surface area contributed by atoms with Gasteiger partial charge >= 0.3 is 0 Å². The Morgan fingerprint density at radius 3 is 2.61 bits per heavy atom. The van der Waals surface area contributed by atoms with E-state index in [9.17, 15) is 4.79 Å². The summed E-state index contributed by atoms with van der Waals surface area (Å²) in [6, 6.07) is 19.3. The first kappa shape index (κ1) is 22.3. The van der Waals surface area contributed by atoms with Crippen molar-refractivity contribution in [3.8, 4) is 34.1 Å². The third-order valence-electron chi connectivity index (χ3n) is 5.58. The topological polar surface area (TPSA) is 87.2 Å². The average molecular weight is 557 g/mol. The summed E-state index contributed by atoms with van der Waals surface area (Å²) in [5.74, 6) is 1.20. The van der Waals surface area contributed by atoms with E-state index in [2.05, 4.69) is 31.0 Å². The van der Waals surface area contributed by atoms with E-state index in [0.717, 1.165) is 38.3 Å². The number of para-hydroxylation sites is 1. The lowest BCUT2D eigenvalue weighted by Gasteiger charge is -2.05. The molecule has 0 radical (unpaired) electrons. The number of ether oxygens (including phenoxy) is 1. The SMILES string of the molecule is COc1ccc(-c2nn(-c3ccccc3)cc2C=c2sc3nc(-c4cccnc4)nn3c2=O)cc1Br. The Balaban J connectivity index is 1.50. The zero-order valence-corrected chi connectivity index (χ0v) is 21.3. The Labute approximate surface area is 217 Å². The fourth-order valence-electron chi connectivity index (χ4n) is 3.84. The minimum Gasteiger partial charge on any atom is -0.496 e. The van der Waals surface area contributed by atoms with E-state index >= 15 is 0 Å². The zero-order valence-electron chi connectivity index (χ0n) is 18.9. The molecule has 0 bridgehead atoms. The molecule has 0 aliphatic rings. The van der Waals surface area contributed by atoms with E-state index < -0.39 is 0 Å². The Morgan fingerprint density at radius 2 is 1.89 bits per heavy atom. The van der Waals surface area contributed by atoms with E-state index in [-0.39, 0.29) is 5.56 Å². The molecule has 0 aliphatic heterocycles. The van der Waals surface area contributed by atoms with Crippen LogP contribution in [0.5, 0.6) is 5.75 Å². The molecule has 36 heavy (non-hydrogen) atoms. The van der Waals surface area contributed by atoms with Gasteiger partial charge in [-0.25, -0.2) is 4.68 Å². The number of nitrogens with zero attached hydrogens (tertiary/aromatic N) is 6. The predicted octanol–water partition coefficient (Wildman–Crippen LogP) is 4.38. The number of halogens is 1. The molecular weight excluding hydrogens is 540 g/mol. The van der Waals surface area contributed by atoms with Crippen LogP contribution in [0, 0.1) is 0 Å². The molecule has 2 aromatic carbocycles. The molecular formula is C26H17BrN6O2S. The molecule has 176 valence electrons. The monoisotopic (exact) mass is 556 g/mol. The minimum absolute atomic E-state index is 0.230. The van der Waals surface area contributed by atoms with Gasteiger partial charge in [0, 0.05) is 35.3 Å². The van der Waals surface area contributed by atoms with Crippen LogP contribution in [0.3, 0.4) is 0 Å². The van der Waals surface area contributed by atoms with Gasteiger partial charge in [0.25, 0.3) is 5.56 Å². The first-order valence-corrected chi connectivity index (χ1v) is 12.5. The van der Waals surface area contributed by atoms with Crippen LogP contribution in [0.1, 0.15) is 5.56 Å². The highest BCUT2D eigenvalue weighted by atomic mass is 79.9. The van der Waals surface area contributed by atoms with Gasteiger partial charge in [-0.1, -0.05) is 29.5 Å². The van der Waals surface area contributed by atoms with E-state index in [1.807, 2.05) is 72.9 Å². The second kappa shape index (κ2) is 9.14. The van der Waals surface area contributed by atoms with E-state index in [4.69, 9.17) is 9.84 Å². The number of thiazole rings is 1. The van der Waals surface area contributed by atoms with Gasteiger partial charge in [0.05, 0.1) is 21.8 Å². The Morgan fingerprint density at radius 1 is 1.03 bits per heavy atom. The zero-order chi connectivity index (χ0) is 24.6. The maximum Gasteiger partial charge on any atom is 0.291 e. The lowest BCUT2D eigenvalue weighted by molar-refractivity contribution is 0.412. The van der Waals surface area contributed by atoms with Crippen molar-refractivity contribution in [2.24, 2.45) is 0 Å². The van der Waals surface area contributed by atoms with E-state index in [1.54, 1.807) is 24.2 Å². The summed E-state index contributed by atoms with van der Waals surface area (Å²) in [7, 11) is 1.62. The molecule has 0 unspecified atom stereocenters. The van der Waals surface area contributed by atoms with E-state index in [1.165, 1.54) is 15.9 Å². The van der Waals surface area contributed by atoms with Crippen LogP contribution in [0.2, 0.25) is 0 Å². The molecule has 6 rings (SSSR count). The first-order valence-electron chi connectivity index (χ1n) is 10.9. The molecule has 0 N–H and O–H groups in total. The molecule has 0 saturated heterocycles. The van der Waals surface area contributed by atoms with Gasteiger partial charge in [-0.2, -0.15) is 14.6 Å². The molecule has 0 saturated carbocycles. The minimum atomic E-state index is -0.230. The highest BCUT2D eigenvalue weighted by Gasteiger charge is 2.16. The maximum atomic E-state index is 13.2. The Bertz CT molecular complexity index is 1810. The first-order chi connectivity index (χ1) is 17.6. The van der Waals surface area contributed by atoms with Gasteiger partial charge in [-0.15, -0.1) is 5.10 Å². The van der Waals surface area contributed by atoms with E-state index in [0.29, 0.717) is 15.3 Å². The van der Waals surface area contributed by atoms with Crippen LogP contribution < -0.4 is 14.8 Å². The fraction of sp³-hybridized carbons (Fsp3) is 0.0385. The van der Waals surface area contributed by atoms with Gasteiger partial charge in [0.1, 0.15) is 11.4 Å². The average Bonchev–Trinajstić information content (AvgIpc) is 3.60. The number of pyridine rings is 1. The van der Waals surface area contributed by atoms with Gasteiger partial charge < -0.3 is 4.74 Å². The van der Waals surface area contributed by atoms with Crippen LogP contribution in [0.4, 0.5) is 0 Å². The summed E-state index contributed by atoms with van der Waals surface area (Å²) in [5.41, 5.74) is 3.86. The molecule has 0 spiro atoms. The highest BCUT2D eigenvalue weighted by molar-refractivity contribution is 9.10. The largest absolute Gasteiger partial charge is 0.496 e. The molecule has 0 aliphatic carbocycles. The molecule has 4 aromatic heterocycles. The van der Waals surface area contributed by atoms with Crippen molar-refractivity contribution in [2.45, 2.75) is 0 Å². The second-order valence-electron chi connectivity index (χ2n) is 7.85. The number of rotatable bonds is 5. The third-order valence-corrected chi connectivity index (χ3v) is 7.16. The van der Waals surface area contributed by atoms with Crippen molar-refractivity contribution in [1.82, 2.24) is 29.4 Å². The van der Waals surface area contributed by atoms with Crippen LogP contribution >= 0.6 is 27.3 Å². The number of methoxy groups -OCH3 is 1. The smallest absolute Gasteiger partial charge is 0.291 e. The van der Waals surface area contributed by atoms with Crippen LogP contribution in [-0.2, 0) is 0 Å². The molecule has 10 heteroatoms. The summed E-state index contributed by atoms with van der Waals surface area (Å²) < 4.78 is 9.85. The summed E-state index contributed by atoms with van der Waals surface area (Å²) in [6.45, 7) is 0. The van der Waals surface area contributed by atoms with Crippen LogP contribution in [0.15, 0.2) is 88.5 Å². The fourth-order valence-corrected chi connectivity index (χ4v) is 5.28. The Hall–Kier alpha value is -4.15. The normalized spacial score (nSPS) is 11.9. The van der Waals surface area contributed by atoms with Crippen molar-refractivity contribution < 1.29 is 4.74 Å². The quantitative estimate of drug-likeness (QED) is 0.313. The molecule has 0 fully saturated rings. The molecule has 0 amide bonds. The number of aromatic nitrogens is 6. The van der Waals surface area contributed by atoms with Crippen LogP contribution in [0.25, 0.3) is 39.4 Å². The lowest BCUT2D eigenvalue weighted by Crippen LogP contribution is -2.23. The lowest BCUT2D eigenvalue weighted by atomic mass is 10.1. The van der Waals surface area contributed by atoms with Gasteiger partial charge in [-0.3, -0.25) is 9.78 Å². The summed E-state index contributed by atoms with van der Waals surface area (Å²) in [6.07, 6.45) is 7.11. The number of hydrogen-bond donors (Lipinski definition) is 0. The molecule has 8 nitrogen and oxygen atoms in total. The third kappa shape index (κ3) is 4.00. The van der Waals surface area contributed by atoms with Crippen LogP contribution in [-0.4, -0.2) is 36.5 Å². The Kier molecular flexibility index (Phi) is 5.67. The maximum absolute atomic E-state index is 13.2. The van der Waals surface area contributed by atoms with Gasteiger partial charge in [0.2, 0.25) is 4.96 Å². The number of hydrogen-bond acceptors (Lipinski definition) is 7.